The van der Waals surface area contributed by atoms with Crippen LogP contribution >= 0.6 is 22.9 Å². The van der Waals surface area contributed by atoms with Crippen LogP contribution in [0.2, 0.25) is 4.34 Å². The zero-order valence-corrected chi connectivity index (χ0v) is 17.2. The van der Waals surface area contributed by atoms with Gasteiger partial charge >= 0.3 is 5.69 Å². The smallest absolute Gasteiger partial charge is 0.333 e. The van der Waals surface area contributed by atoms with E-state index in [-0.39, 0.29) is 32.8 Å². The Morgan fingerprint density at radius 2 is 2.07 bits per heavy atom. The lowest BCUT2D eigenvalue weighted by Gasteiger charge is -2.14. The normalized spacial score (nSPS) is 11.0. The second kappa shape index (κ2) is 7.86. The molecule has 3 aromatic heterocycles. The summed E-state index contributed by atoms with van der Waals surface area (Å²) in [5.74, 6) is 0.0649. The number of aliphatic hydroxyl groups excluding tert-OH is 1. The van der Waals surface area contributed by atoms with Gasteiger partial charge in [0.05, 0.1) is 28.1 Å². The molecular weight excluding hydrogens is 428 g/mol. The lowest BCUT2D eigenvalue weighted by molar-refractivity contribution is 0.0996. The highest BCUT2D eigenvalue weighted by atomic mass is 35.5. The van der Waals surface area contributed by atoms with Crippen molar-refractivity contribution in [2.24, 2.45) is 0 Å². The number of thiophene rings is 1. The molecule has 0 bridgehead atoms. The summed E-state index contributed by atoms with van der Waals surface area (Å²) in [6.45, 7) is -0.366. The van der Waals surface area contributed by atoms with Gasteiger partial charge in [0.25, 0.3) is 11.5 Å². The minimum Gasteiger partial charge on any atom is -0.392 e. The maximum absolute atomic E-state index is 13.1. The van der Waals surface area contributed by atoms with Gasteiger partial charge in [0.2, 0.25) is 0 Å². The number of anilines is 1. The first-order valence-corrected chi connectivity index (χ1v) is 9.98. The van der Waals surface area contributed by atoms with E-state index in [9.17, 15) is 19.5 Å². The quantitative estimate of drug-likeness (QED) is 0.505. The van der Waals surface area contributed by atoms with E-state index in [1.807, 2.05) is 0 Å². The summed E-state index contributed by atoms with van der Waals surface area (Å²) >= 11 is 7.27. The van der Waals surface area contributed by atoms with Crippen LogP contribution in [0.1, 0.15) is 15.2 Å². The van der Waals surface area contributed by atoms with Crippen LogP contribution in [0.25, 0.3) is 16.6 Å². The number of benzene rings is 1. The van der Waals surface area contributed by atoms with Gasteiger partial charge in [0.1, 0.15) is 10.2 Å². The maximum Gasteiger partial charge on any atom is 0.333 e. The Morgan fingerprint density at radius 3 is 2.77 bits per heavy atom. The number of aromatic nitrogens is 3. The summed E-state index contributed by atoms with van der Waals surface area (Å²) in [7, 11) is 1.57. The average molecular weight is 443 g/mol. The molecule has 2 N–H and O–H groups in total. The zero-order valence-electron chi connectivity index (χ0n) is 15.6. The highest BCUT2D eigenvalue weighted by molar-refractivity contribution is 7.18. The van der Waals surface area contributed by atoms with Crippen molar-refractivity contribution in [1.82, 2.24) is 14.5 Å². The van der Waals surface area contributed by atoms with E-state index in [2.05, 4.69) is 9.97 Å². The van der Waals surface area contributed by atoms with Crippen molar-refractivity contribution >= 4 is 45.6 Å². The van der Waals surface area contributed by atoms with Gasteiger partial charge in [-0.1, -0.05) is 29.8 Å². The molecule has 1 amide bonds. The highest BCUT2D eigenvalue weighted by Crippen LogP contribution is 2.31. The van der Waals surface area contributed by atoms with Crippen LogP contribution in [0.4, 0.5) is 5.82 Å². The van der Waals surface area contributed by atoms with Crippen molar-refractivity contribution in [2.45, 2.75) is 6.61 Å². The number of carbonyl (C=O) groups is 1. The molecule has 0 saturated carbocycles. The molecule has 0 fully saturated rings. The number of hydrogen-bond acceptors (Lipinski definition) is 6. The maximum atomic E-state index is 13.1. The number of H-pyrrole nitrogens is 1. The average Bonchev–Trinajstić information content (AvgIpc) is 3.13. The molecule has 0 aliphatic rings. The SMILES string of the molecule is CN(C(=O)c1cc(-n2c(=O)[nH]c3cccc(CO)c3c2=O)c(Cl)s1)c1ccccn1. The van der Waals surface area contributed by atoms with Gasteiger partial charge in [-0.15, -0.1) is 11.3 Å². The van der Waals surface area contributed by atoms with Crippen LogP contribution in [0.5, 0.6) is 0 Å². The van der Waals surface area contributed by atoms with Crippen LogP contribution in [-0.4, -0.2) is 32.6 Å². The van der Waals surface area contributed by atoms with Crippen molar-refractivity contribution in [3.8, 4) is 5.69 Å². The molecule has 0 aliphatic heterocycles. The Hall–Kier alpha value is -3.27. The fourth-order valence-corrected chi connectivity index (χ4v) is 4.35. The molecule has 8 nitrogen and oxygen atoms in total. The van der Waals surface area contributed by atoms with E-state index < -0.39 is 11.2 Å². The van der Waals surface area contributed by atoms with E-state index in [1.165, 1.54) is 11.0 Å². The highest BCUT2D eigenvalue weighted by Gasteiger charge is 2.22. The van der Waals surface area contributed by atoms with Crippen molar-refractivity contribution in [2.75, 3.05) is 11.9 Å². The fourth-order valence-electron chi connectivity index (χ4n) is 3.12. The molecule has 4 aromatic rings. The lowest BCUT2D eigenvalue weighted by Crippen LogP contribution is -2.34. The number of pyridine rings is 1. The van der Waals surface area contributed by atoms with Gasteiger partial charge in [-0.3, -0.25) is 14.5 Å². The standard InChI is InChI=1S/C20H15ClN4O4S/c1-24(15-7-2-3-8-22-15)18(27)14-9-13(17(21)30-14)25-19(28)16-11(10-26)5-4-6-12(16)23-20(25)29/h2-9,26H,10H2,1H3,(H,23,29). The third-order valence-corrected chi connectivity index (χ3v) is 5.93. The first-order chi connectivity index (χ1) is 14.4. The fraction of sp³-hybridized carbons (Fsp3) is 0.100. The molecule has 0 saturated heterocycles. The summed E-state index contributed by atoms with van der Waals surface area (Å²) in [6.07, 6.45) is 1.57. The summed E-state index contributed by atoms with van der Waals surface area (Å²) in [5.41, 5.74) is -0.541. The van der Waals surface area contributed by atoms with Crippen LogP contribution < -0.4 is 16.1 Å². The van der Waals surface area contributed by atoms with Gasteiger partial charge in [-0.25, -0.2) is 14.3 Å². The Labute approximate surface area is 178 Å². The molecule has 0 radical (unpaired) electrons. The lowest BCUT2D eigenvalue weighted by atomic mass is 10.1. The summed E-state index contributed by atoms with van der Waals surface area (Å²) in [5, 5.41) is 9.75. The summed E-state index contributed by atoms with van der Waals surface area (Å²) in [4.78, 5) is 46.9. The van der Waals surface area contributed by atoms with E-state index >= 15 is 0 Å². The number of aliphatic hydroxyl groups is 1. The number of rotatable bonds is 4. The second-order valence-corrected chi connectivity index (χ2v) is 8.04. The van der Waals surface area contributed by atoms with Crippen LogP contribution in [0.15, 0.2) is 58.3 Å². The molecule has 3 heterocycles. The third-order valence-electron chi connectivity index (χ3n) is 4.60. The van der Waals surface area contributed by atoms with E-state index in [1.54, 1.807) is 49.6 Å². The van der Waals surface area contributed by atoms with Gasteiger partial charge < -0.3 is 10.1 Å². The monoisotopic (exact) mass is 442 g/mol. The topological polar surface area (TPSA) is 108 Å². The van der Waals surface area contributed by atoms with Crippen LogP contribution in [-0.2, 0) is 6.61 Å². The molecule has 0 aliphatic carbocycles. The van der Waals surface area contributed by atoms with Crippen molar-refractivity contribution in [3.63, 3.8) is 0 Å². The van der Waals surface area contributed by atoms with Crippen molar-refractivity contribution in [3.05, 3.63) is 84.3 Å². The van der Waals surface area contributed by atoms with Crippen LogP contribution in [0, 0.1) is 0 Å². The molecular formula is C20H15ClN4O4S. The van der Waals surface area contributed by atoms with Gasteiger partial charge in [-0.05, 0) is 29.8 Å². The Morgan fingerprint density at radius 1 is 1.27 bits per heavy atom. The van der Waals surface area contributed by atoms with Crippen molar-refractivity contribution in [1.29, 1.82) is 0 Å². The number of nitrogens with zero attached hydrogens (tertiary/aromatic N) is 3. The number of amides is 1. The van der Waals surface area contributed by atoms with Crippen molar-refractivity contribution < 1.29 is 9.90 Å². The number of carbonyl (C=O) groups excluding carboxylic acids is 1. The van der Waals surface area contributed by atoms with Gasteiger partial charge in [0.15, 0.2) is 0 Å². The minimum absolute atomic E-state index is 0.0975. The Balaban J connectivity index is 1.84. The van der Waals surface area contributed by atoms with E-state index in [0.29, 0.717) is 16.9 Å². The first-order valence-electron chi connectivity index (χ1n) is 8.79. The van der Waals surface area contributed by atoms with Gasteiger partial charge in [-0.2, -0.15) is 0 Å². The molecule has 152 valence electrons. The first kappa shape index (κ1) is 20.0. The summed E-state index contributed by atoms with van der Waals surface area (Å²) < 4.78 is 0.985. The molecule has 0 spiro atoms. The van der Waals surface area contributed by atoms with Gasteiger partial charge in [0, 0.05) is 13.2 Å². The largest absolute Gasteiger partial charge is 0.392 e. The molecule has 1 aromatic carbocycles. The Kier molecular flexibility index (Phi) is 5.25. The molecule has 0 unspecified atom stereocenters. The number of fused-ring (bicyclic) bond motifs is 1. The van der Waals surface area contributed by atoms with Crippen LogP contribution in [0.3, 0.4) is 0 Å². The molecule has 30 heavy (non-hydrogen) atoms. The predicted molar refractivity (Wildman–Crippen MR) is 116 cm³/mol. The number of hydrogen-bond donors (Lipinski definition) is 2. The van der Waals surface area contributed by atoms with E-state index in [4.69, 9.17) is 11.6 Å². The Bertz CT molecular complexity index is 1380. The van der Waals surface area contributed by atoms with E-state index in [0.717, 1.165) is 15.9 Å². The minimum atomic E-state index is -0.695. The molecule has 10 heteroatoms. The number of aromatic amines is 1. The summed E-state index contributed by atoms with van der Waals surface area (Å²) in [6, 6.07) is 11.4. The third kappa shape index (κ3) is 3.32. The molecule has 0 atom stereocenters. The number of nitrogens with one attached hydrogen (secondary N) is 1. The zero-order chi connectivity index (χ0) is 21.4. The predicted octanol–water partition coefficient (Wildman–Crippen LogP) is 2.56. The molecule has 4 rings (SSSR count). The number of halogens is 1. The second-order valence-electron chi connectivity index (χ2n) is 6.39.